The Morgan fingerprint density at radius 2 is 2.04 bits per heavy atom. The summed E-state index contributed by atoms with van der Waals surface area (Å²) in [5, 5.41) is 1.11. The predicted octanol–water partition coefficient (Wildman–Crippen LogP) is 3.29. The van der Waals surface area contributed by atoms with E-state index < -0.39 is 10.0 Å². The molecule has 2 heterocycles. The van der Waals surface area contributed by atoms with Gasteiger partial charge in [0.1, 0.15) is 5.03 Å². The number of amides is 1. The van der Waals surface area contributed by atoms with E-state index in [2.05, 4.69) is 9.71 Å². The number of hydrogen-bond acceptors (Lipinski definition) is 5. The van der Waals surface area contributed by atoms with Crippen molar-refractivity contribution in [2.24, 2.45) is 5.92 Å². The standard InChI is InChI=1S/C19H22ClN3O3S2/c1-27-18-17(6-3-9-21-18)19(24)23-10-7-14(8-11-23)13-22-28(25,26)16-5-2-4-15(20)12-16/h2-6,9,12,14,22H,7-8,10-11,13H2,1H3. The Morgan fingerprint density at radius 3 is 2.71 bits per heavy atom. The first-order chi connectivity index (χ1) is 13.4. The average Bonchev–Trinajstić information content (AvgIpc) is 2.72. The van der Waals surface area contributed by atoms with Gasteiger partial charge in [-0.05, 0) is 55.3 Å². The number of likely N-dealkylation sites (tertiary alicyclic amines) is 1. The predicted molar refractivity (Wildman–Crippen MR) is 111 cm³/mol. The van der Waals surface area contributed by atoms with Gasteiger partial charge in [-0.1, -0.05) is 17.7 Å². The SMILES string of the molecule is CSc1ncccc1C(=O)N1CCC(CNS(=O)(=O)c2cccc(Cl)c2)CC1. The van der Waals surface area contributed by atoms with Crippen LogP contribution < -0.4 is 4.72 Å². The average molecular weight is 440 g/mol. The monoisotopic (exact) mass is 439 g/mol. The fourth-order valence-corrected chi connectivity index (χ4v) is 5.13. The van der Waals surface area contributed by atoms with E-state index in [1.807, 2.05) is 11.2 Å². The number of pyridine rings is 1. The Bertz CT molecular complexity index is 945. The molecule has 0 atom stereocenters. The second kappa shape index (κ2) is 9.26. The van der Waals surface area contributed by atoms with Crippen molar-refractivity contribution >= 4 is 39.3 Å². The van der Waals surface area contributed by atoms with Crippen molar-refractivity contribution in [3.8, 4) is 0 Å². The maximum atomic E-state index is 12.8. The van der Waals surface area contributed by atoms with Crippen molar-refractivity contribution < 1.29 is 13.2 Å². The van der Waals surface area contributed by atoms with Crippen LogP contribution in [0.3, 0.4) is 0 Å². The number of sulfonamides is 1. The summed E-state index contributed by atoms with van der Waals surface area (Å²) in [5.41, 5.74) is 0.620. The van der Waals surface area contributed by atoms with Crippen LogP contribution in [0.2, 0.25) is 5.02 Å². The van der Waals surface area contributed by atoms with Gasteiger partial charge in [-0.25, -0.2) is 18.1 Å². The van der Waals surface area contributed by atoms with Gasteiger partial charge in [0.05, 0.1) is 10.5 Å². The van der Waals surface area contributed by atoms with Gasteiger partial charge in [0.15, 0.2) is 0 Å². The first-order valence-corrected chi connectivity index (χ1v) is 12.0. The van der Waals surface area contributed by atoms with Crippen molar-refractivity contribution in [2.45, 2.75) is 22.8 Å². The molecule has 0 radical (unpaired) electrons. The third-order valence-electron chi connectivity index (χ3n) is 4.77. The summed E-state index contributed by atoms with van der Waals surface area (Å²) in [4.78, 5) is 19.0. The normalized spacial score (nSPS) is 15.6. The molecule has 1 saturated heterocycles. The van der Waals surface area contributed by atoms with Crippen LogP contribution >= 0.6 is 23.4 Å². The molecule has 1 N–H and O–H groups in total. The molecule has 1 amide bonds. The highest BCUT2D eigenvalue weighted by Gasteiger charge is 2.26. The van der Waals surface area contributed by atoms with E-state index in [-0.39, 0.29) is 16.7 Å². The lowest BCUT2D eigenvalue weighted by Gasteiger charge is -2.32. The van der Waals surface area contributed by atoms with Crippen LogP contribution in [0.4, 0.5) is 0 Å². The van der Waals surface area contributed by atoms with Gasteiger partial charge in [0.25, 0.3) is 5.91 Å². The zero-order valence-electron chi connectivity index (χ0n) is 15.5. The molecule has 0 bridgehead atoms. The maximum Gasteiger partial charge on any atom is 0.256 e. The van der Waals surface area contributed by atoms with Gasteiger partial charge in [0, 0.05) is 30.9 Å². The molecule has 1 aliphatic rings. The highest BCUT2D eigenvalue weighted by molar-refractivity contribution is 7.98. The molecule has 150 valence electrons. The molecule has 0 aliphatic carbocycles. The van der Waals surface area contributed by atoms with Gasteiger partial charge >= 0.3 is 0 Å². The van der Waals surface area contributed by atoms with Crippen LogP contribution in [0, 0.1) is 5.92 Å². The molecule has 9 heteroatoms. The largest absolute Gasteiger partial charge is 0.339 e. The summed E-state index contributed by atoms with van der Waals surface area (Å²) in [6.07, 6.45) is 5.08. The highest BCUT2D eigenvalue weighted by atomic mass is 35.5. The van der Waals surface area contributed by atoms with Gasteiger partial charge in [-0.15, -0.1) is 11.8 Å². The zero-order valence-corrected chi connectivity index (χ0v) is 17.9. The molecule has 6 nitrogen and oxygen atoms in total. The Kier molecular flexibility index (Phi) is 6.98. The van der Waals surface area contributed by atoms with Crippen LogP contribution in [0.5, 0.6) is 0 Å². The van der Waals surface area contributed by atoms with E-state index in [0.717, 1.165) is 17.9 Å². The van der Waals surface area contributed by atoms with E-state index in [1.165, 1.54) is 23.9 Å². The molecule has 2 aromatic rings. The number of aromatic nitrogens is 1. The summed E-state index contributed by atoms with van der Waals surface area (Å²) in [6.45, 7) is 1.55. The van der Waals surface area contributed by atoms with Crippen LogP contribution in [0.25, 0.3) is 0 Å². The number of benzene rings is 1. The van der Waals surface area contributed by atoms with E-state index in [4.69, 9.17) is 11.6 Å². The van der Waals surface area contributed by atoms with Crippen LogP contribution in [0.15, 0.2) is 52.5 Å². The Morgan fingerprint density at radius 1 is 1.29 bits per heavy atom. The lowest BCUT2D eigenvalue weighted by atomic mass is 9.97. The van der Waals surface area contributed by atoms with Crippen LogP contribution in [-0.2, 0) is 10.0 Å². The molecular formula is C19H22ClN3O3S2. The number of hydrogen-bond donors (Lipinski definition) is 1. The number of thioether (sulfide) groups is 1. The summed E-state index contributed by atoms with van der Waals surface area (Å²) >= 11 is 7.34. The van der Waals surface area contributed by atoms with Gasteiger partial charge < -0.3 is 4.90 Å². The number of piperidine rings is 1. The van der Waals surface area contributed by atoms with Crippen molar-refractivity contribution in [2.75, 3.05) is 25.9 Å². The van der Waals surface area contributed by atoms with E-state index in [9.17, 15) is 13.2 Å². The zero-order chi connectivity index (χ0) is 20.1. The van der Waals surface area contributed by atoms with Crippen molar-refractivity contribution in [3.05, 3.63) is 53.2 Å². The smallest absolute Gasteiger partial charge is 0.256 e. The molecule has 3 rings (SSSR count). The molecule has 0 saturated carbocycles. The first kappa shape index (κ1) is 21.1. The van der Waals surface area contributed by atoms with Crippen LogP contribution in [-0.4, -0.2) is 50.1 Å². The lowest BCUT2D eigenvalue weighted by molar-refractivity contribution is 0.0687. The Labute approximate surface area is 174 Å². The minimum Gasteiger partial charge on any atom is -0.339 e. The topological polar surface area (TPSA) is 79.4 Å². The second-order valence-electron chi connectivity index (χ2n) is 6.61. The number of carbonyl (C=O) groups is 1. The summed E-state index contributed by atoms with van der Waals surface area (Å²) in [6, 6.07) is 9.77. The van der Waals surface area contributed by atoms with Crippen molar-refractivity contribution in [1.82, 2.24) is 14.6 Å². The molecule has 1 aliphatic heterocycles. The van der Waals surface area contributed by atoms with Crippen LogP contribution in [0.1, 0.15) is 23.2 Å². The summed E-state index contributed by atoms with van der Waals surface area (Å²) in [5.74, 6) is 0.169. The summed E-state index contributed by atoms with van der Waals surface area (Å²) in [7, 11) is -3.59. The van der Waals surface area contributed by atoms with Crippen molar-refractivity contribution in [1.29, 1.82) is 0 Å². The Hall–Kier alpha value is -1.61. The third-order valence-corrected chi connectivity index (χ3v) is 7.13. The first-order valence-electron chi connectivity index (χ1n) is 8.94. The number of halogens is 1. The van der Waals surface area contributed by atoms with Gasteiger partial charge in [-0.3, -0.25) is 4.79 Å². The lowest BCUT2D eigenvalue weighted by Crippen LogP contribution is -2.41. The molecule has 28 heavy (non-hydrogen) atoms. The number of rotatable bonds is 6. The fraction of sp³-hybridized carbons (Fsp3) is 0.368. The van der Waals surface area contributed by atoms with Crippen molar-refractivity contribution in [3.63, 3.8) is 0 Å². The molecular weight excluding hydrogens is 418 g/mol. The quantitative estimate of drug-likeness (QED) is 0.698. The molecule has 0 spiro atoms. The van der Waals surface area contributed by atoms with Gasteiger partial charge in [-0.2, -0.15) is 0 Å². The van der Waals surface area contributed by atoms with E-state index in [1.54, 1.807) is 30.5 Å². The number of nitrogens with one attached hydrogen (secondary N) is 1. The number of nitrogens with zero attached hydrogens (tertiary/aromatic N) is 2. The maximum absolute atomic E-state index is 12.8. The van der Waals surface area contributed by atoms with E-state index >= 15 is 0 Å². The highest BCUT2D eigenvalue weighted by Crippen LogP contribution is 2.23. The minimum absolute atomic E-state index is 0.0181. The van der Waals surface area contributed by atoms with E-state index in [0.29, 0.717) is 30.2 Å². The third kappa shape index (κ3) is 5.05. The molecule has 1 aromatic carbocycles. The summed E-state index contributed by atoms with van der Waals surface area (Å²) < 4.78 is 27.5. The molecule has 1 aromatic heterocycles. The second-order valence-corrected chi connectivity index (χ2v) is 9.60. The molecule has 0 unspecified atom stereocenters. The Balaban J connectivity index is 1.55. The number of carbonyl (C=O) groups excluding carboxylic acids is 1. The molecule has 1 fully saturated rings. The minimum atomic E-state index is -3.59. The van der Waals surface area contributed by atoms with Gasteiger partial charge in [0.2, 0.25) is 10.0 Å². The fourth-order valence-electron chi connectivity index (χ4n) is 3.17.